The predicted octanol–water partition coefficient (Wildman–Crippen LogP) is 16.8. The van der Waals surface area contributed by atoms with E-state index < -0.39 is 40.1 Å². The van der Waals surface area contributed by atoms with Crippen LogP contribution >= 0.6 is 0 Å². The minimum Gasteiger partial charge on any atom is -0.266 e. The lowest BCUT2D eigenvalue weighted by molar-refractivity contribution is 0.561. The monoisotopic (exact) mass is 1290 g/mol. The van der Waals surface area contributed by atoms with E-state index in [0.29, 0.717) is 87.5 Å². The Kier molecular flexibility index (Phi) is 23.3. The van der Waals surface area contributed by atoms with Gasteiger partial charge in [0, 0.05) is 26.2 Å². The van der Waals surface area contributed by atoms with Gasteiger partial charge in [0.2, 0.25) is 0 Å². The van der Waals surface area contributed by atoms with E-state index >= 15 is 0 Å². The molecule has 0 spiro atoms. The molecule has 16 heteroatoms. The maximum Gasteiger partial charge on any atom is 0.264 e. The minimum atomic E-state index is -3.88. The third-order valence-electron chi connectivity index (χ3n) is 17.1. The minimum absolute atomic E-state index is 0.242. The summed E-state index contributed by atoms with van der Waals surface area (Å²) in [5.41, 5.74) is 10.2. The number of hydrogen-bond donors (Lipinski definition) is 0. The molecule has 0 unspecified atom stereocenters. The highest BCUT2D eigenvalue weighted by Crippen LogP contribution is 2.32. The smallest absolute Gasteiger partial charge is 0.264 e. The largest absolute Gasteiger partial charge is 0.266 e. The quantitative estimate of drug-likeness (QED) is 0.146. The van der Waals surface area contributed by atoms with Crippen LogP contribution in [0, 0.1) is 27.7 Å². The lowest BCUT2D eigenvalue weighted by Crippen LogP contribution is -2.32. The number of benzene rings is 8. The molecule has 7 heterocycles. The first kappa shape index (κ1) is 67.2. The van der Waals surface area contributed by atoms with E-state index in [-0.39, 0.29) is 19.6 Å². The lowest BCUT2D eigenvalue weighted by atomic mass is 10.0. The van der Waals surface area contributed by atoms with Gasteiger partial charge in [-0.05, 0) is 186 Å². The summed E-state index contributed by atoms with van der Waals surface area (Å²) in [5.74, 6) is 0. The maximum absolute atomic E-state index is 14.4. The third-order valence-corrected chi connectivity index (χ3v) is 24.5. The van der Waals surface area contributed by atoms with E-state index in [4.69, 9.17) is 0 Å². The Balaban J connectivity index is 0.927. The zero-order chi connectivity index (χ0) is 63.7. The zero-order valence-corrected chi connectivity index (χ0v) is 56.0. The predicted molar refractivity (Wildman–Crippen MR) is 368 cm³/mol. The first-order valence-electron chi connectivity index (χ1n) is 32.0. The van der Waals surface area contributed by atoms with Crippen molar-refractivity contribution >= 4 is 62.8 Å². The van der Waals surface area contributed by atoms with E-state index in [1.54, 1.807) is 48.5 Å². The normalized spacial score (nSPS) is 16.0. The summed E-state index contributed by atoms with van der Waals surface area (Å²) in [7, 11) is -15.5. The Morgan fingerprint density at radius 2 is 0.367 bits per heavy atom. The van der Waals surface area contributed by atoms with Gasteiger partial charge < -0.3 is 0 Å². The van der Waals surface area contributed by atoms with Crippen molar-refractivity contribution in [1.29, 1.82) is 0 Å². The Labute approximate surface area is 537 Å². The summed E-state index contributed by atoms with van der Waals surface area (Å²) < 4.78 is 121. The standard InChI is InChI=1S/C74H88N4O8S4/c1-59-21-45-71(46-22-59)87(79,80)75-53-17-13-9-5-6-10-14-18-54-77(89(83,84)73-49-25-61(3)26-50-73)69-41-33-65(34-42-69)58-66-35-43-70(44-36-66)78(90(85,86)74-51-27-62(4)28-52-74)56-20-16-12-8-7-11-15-19-55-76(88(81,82)72-47-23-60(2)24-48-72)68-39-31-64(32-40-68)57-63-29-37-67(75)38-30-63/h21-52H,5-20,53-58H2,1-4H3. The SMILES string of the molecule is Cc1ccc(S(=O)(=O)N2CCCCCCCCCCN(S(=O)(=O)c3ccc(C)cc3)c3ccc(cc3)Cc3ccc(cc3)N(S(=O)(=O)c3ccc(C)cc3)CCCCCCCCCCN(S(=O)(=O)c3ccc(C)cc3)c3ccc(cc3)Cc3ccc2cc3)cc1. The summed E-state index contributed by atoms with van der Waals surface area (Å²) in [6.07, 6.45) is 14.8. The summed E-state index contributed by atoms with van der Waals surface area (Å²) in [5, 5.41) is 0. The van der Waals surface area contributed by atoms with E-state index in [2.05, 4.69) is 0 Å². The molecule has 476 valence electrons. The molecule has 0 N–H and O–H groups in total. The molecular weight excluding hydrogens is 1200 g/mol. The topological polar surface area (TPSA) is 150 Å². The number of rotatable bonds is 8. The summed E-state index contributed by atoms with van der Waals surface area (Å²) >= 11 is 0. The van der Waals surface area contributed by atoms with Gasteiger partial charge in [0.05, 0.1) is 42.3 Å². The summed E-state index contributed by atoms with van der Waals surface area (Å²) in [4.78, 5) is 0.968. The molecule has 8 aromatic rings. The van der Waals surface area contributed by atoms with Crippen LogP contribution in [0.2, 0.25) is 0 Å². The highest BCUT2D eigenvalue weighted by atomic mass is 32.2. The Hall–Kier alpha value is -7.24. The molecular formula is C74H88N4O8S4. The van der Waals surface area contributed by atoms with E-state index in [1.807, 2.05) is 173 Å². The van der Waals surface area contributed by atoms with Crippen LogP contribution in [0.25, 0.3) is 0 Å². The first-order chi connectivity index (χ1) is 43.3. The van der Waals surface area contributed by atoms with Gasteiger partial charge in [-0.15, -0.1) is 0 Å². The average molecular weight is 1290 g/mol. The molecule has 90 heavy (non-hydrogen) atoms. The van der Waals surface area contributed by atoms with Gasteiger partial charge in [-0.1, -0.05) is 196 Å². The molecule has 0 fully saturated rings. The Morgan fingerprint density at radius 3 is 0.533 bits per heavy atom. The molecule has 7 aliphatic rings. The van der Waals surface area contributed by atoms with Gasteiger partial charge in [0.1, 0.15) is 0 Å². The van der Waals surface area contributed by atoms with Crippen LogP contribution in [0.4, 0.5) is 22.7 Å². The second-order valence-corrected chi connectivity index (χ2v) is 31.7. The third kappa shape index (κ3) is 17.6. The number of aryl methyl sites for hydroxylation is 4. The van der Waals surface area contributed by atoms with Crippen LogP contribution in [0.1, 0.15) is 147 Å². The molecule has 0 amide bonds. The first-order valence-corrected chi connectivity index (χ1v) is 37.8. The Morgan fingerprint density at radius 1 is 0.211 bits per heavy atom. The van der Waals surface area contributed by atoms with Crippen molar-refractivity contribution in [2.24, 2.45) is 0 Å². The molecule has 0 saturated carbocycles. The van der Waals surface area contributed by atoms with Crippen LogP contribution in [-0.4, -0.2) is 59.9 Å². The fourth-order valence-electron chi connectivity index (χ4n) is 11.6. The van der Waals surface area contributed by atoms with E-state index in [9.17, 15) is 33.7 Å². The molecule has 0 aliphatic carbocycles. The van der Waals surface area contributed by atoms with Crippen molar-refractivity contribution in [2.45, 2.75) is 163 Å². The number of hydrogen-bond acceptors (Lipinski definition) is 8. The Bertz CT molecular complexity index is 3500. The molecule has 7 aliphatic heterocycles. The van der Waals surface area contributed by atoms with Crippen molar-refractivity contribution in [3.05, 3.63) is 239 Å². The molecule has 0 saturated heterocycles. The van der Waals surface area contributed by atoms with Crippen molar-refractivity contribution in [1.82, 2.24) is 0 Å². The second-order valence-electron chi connectivity index (χ2n) is 24.2. The molecule has 8 aromatic carbocycles. The van der Waals surface area contributed by atoms with Crippen LogP contribution < -0.4 is 17.2 Å². The van der Waals surface area contributed by atoms with Crippen molar-refractivity contribution < 1.29 is 33.7 Å². The maximum atomic E-state index is 14.4. The van der Waals surface area contributed by atoms with E-state index in [1.165, 1.54) is 17.2 Å². The van der Waals surface area contributed by atoms with Crippen LogP contribution in [0.3, 0.4) is 0 Å². The van der Waals surface area contributed by atoms with Gasteiger partial charge in [0.15, 0.2) is 0 Å². The van der Waals surface area contributed by atoms with Crippen molar-refractivity contribution in [3.8, 4) is 0 Å². The van der Waals surface area contributed by atoms with Crippen LogP contribution in [0.5, 0.6) is 0 Å². The van der Waals surface area contributed by atoms with Gasteiger partial charge in [-0.25, -0.2) is 33.7 Å². The van der Waals surface area contributed by atoms with Crippen LogP contribution in [0.15, 0.2) is 214 Å². The number of anilines is 4. The van der Waals surface area contributed by atoms with Crippen molar-refractivity contribution in [2.75, 3.05) is 43.4 Å². The molecule has 0 aromatic heterocycles. The van der Waals surface area contributed by atoms with Crippen molar-refractivity contribution in [3.63, 3.8) is 0 Å². The summed E-state index contributed by atoms with van der Waals surface area (Å²) in [6.45, 7) is 9.03. The van der Waals surface area contributed by atoms with Crippen LogP contribution in [-0.2, 0) is 52.9 Å². The highest BCUT2D eigenvalue weighted by molar-refractivity contribution is 7.93. The zero-order valence-electron chi connectivity index (χ0n) is 52.7. The number of sulfonamides is 4. The molecule has 12 nitrogen and oxygen atoms in total. The van der Waals surface area contributed by atoms with Gasteiger partial charge in [-0.2, -0.15) is 0 Å². The van der Waals surface area contributed by atoms with Gasteiger partial charge in [0.25, 0.3) is 40.1 Å². The fraction of sp³-hybridized carbons (Fsp3) is 0.351. The second kappa shape index (κ2) is 31.2. The molecule has 0 atom stereocenters. The number of nitrogens with zero attached hydrogens (tertiary/aromatic N) is 4. The average Bonchev–Trinajstić information content (AvgIpc) is 1.01. The molecule has 8 bridgehead atoms. The van der Waals surface area contributed by atoms with E-state index in [0.717, 1.165) is 122 Å². The highest BCUT2D eigenvalue weighted by Gasteiger charge is 2.29. The summed E-state index contributed by atoms with van der Waals surface area (Å²) in [6, 6.07) is 58.7. The van der Waals surface area contributed by atoms with Gasteiger partial charge >= 0.3 is 0 Å². The fourth-order valence-corrected chi connectivity index (χ4v) is 17.6. The van der Waals surface area contributed by atoms with Gasteiger partial charge in [-0.3, -0.25) is 17.2 Å². The molecule has 0 radical (unpaired) electrons. The lowest BCUT2D eigenvalue weighted by Gasteiger charge is -2.25. The molecule has 15 rings (SSSR count).